The van der Waals surface area contributed by atoms with Crippen LogP contribution < -0.4 is 14.4 Å². The van der Waals surface area contributed by atoms with E-state index in [2.05, 4.69) is 0 Å². The molecule has 1 amide bonds. The van der Waals surface area contributed by atoms with Crippen LogP contribution in [0.3, 0.4) is 0 Å². The average Bonchev–Trinajstić information content (AvgIpc) is 3.24. The van der Waals surface area contributed by atoms with E-state index in [1.807, 2.05) is 49.4 Å². The first-order valence-electron chi connectivity index (χ1n) is 9.72. The van der Waals surface area contributed by atoms with Crippen LogP contribution in [0.5, 0.6) is 11.5 Å². The van der Waals surface area contributed by atoms with Crippen LogP contribution in [-0.4, -0.2) is 24.6 Å². The molecule has 0 saturated carbocycles. The molecule has 0 atom stereocenters. The maximum absolute atomic E-state index is 13.2. The predicted molar refractivity (Wildman–Crippen MR) is 120 cm³/mol. The van der Waals surface area contributed by atoms with Gasteiger partial charge in [0, 0.05) is 0 Å². The van der Waals surface area contributed by atoms with Crippen molar-refractivity contribution in [3.8, 4) is 11.5 Å². The third kappa shape index (κ3) is 4.67. The molecule has 0 saturated heterocycles. The van der Waals surface area contributed by atoms with Crippen molar-refractivity contribution in [1.29, 1.82) is 0 Å². The minimum Gasteiger partial charge on any atom is -0.494 e. The molecule has 1 heterocycles. The van der Waals surface area contributed by atoms with Gasteiger partial charge in [0.05, 0.1) is 18.4 Å². The van der Waals surface area contributed by atoms with Crippen LogP contribution in [0.2, 0.25) is 0 Å². The van der Waals surface area contributed by atoms with Crippen LogP contribution in [-0.2, 0) is 11.3 Å². The number of fused-ring (bicyclic) bond motifs is 1. The second-order valence-electron chi connectivity index (χ2n) is 6.97. The van der Waals surface area contributed by atoms with E-state index in [4.69, 9.17) is 14.5 Å². The lowest BCUT2D eigenvalue weighted by Crippen LogP contribution is -2.34. The van der Waals surface area contributed by atoms with Crippen LogP contribution in [0.15, 0.2) is 66.7 Å². The molecule has 5 nitrogen and oxygen atoms in total. The van der Waals surface area contributed by atoms with E-state index in [0.717, 1.165) is 21.3 Å². The molecule has 3 aromatic carbocycles. The van der Waals surface area contributed by atoms with Gasteiger partial charge in [-0.25, -0.2) is 9.37 Å². The van der Waals surface area contributed by atoms with Crippen molar-refractivity contribution in [2.24, 2.45) is 0 Å². The maximum atomic E-state index is 13.2. The van der Waals surface area contributed by atoms with Crippen molar-refractivity contribution in [3.63, 3.8) is 0 Å². The smallest absolute Gasteiger partial charge is 0.267 e. The number of hydrogen-bond acceptors (Lipinski definition) is 5. The van der Waals surface area contributed by atoms with Gasteiger partial charge in [0.2, 0.25) is 0 Å². The number of aromatic nitrogens is 1. The van der Waals surface area contributed by atoms with E-state index < -0.39 is 0 Å². The number of benzene rings is 3. The molecular weight excluding hydrogens is 415 g/mol. The molecule has 0 fully saturated rings. The number of ether oxygens (including phenoxy) is 2. The molecule has 0 aliphatic rings. The summed E-state index contributed by atoms with van der Waals surface area (Å²) in [6.45, 7) is 2.17. The highest BCUT2D eigenvalue weighted by atomic mass is 32.1. The number of amides is 1. The molecule has 0 N–H and O–H groups in total. The van der Waals surface area contributed by atoms with Gasteiger partial charge in [-0.2, -0.15) is 0 Å². The largest absolute Gasteiger partial charge is 0.494 e. The number of halogens is 1. The summed E-state index contributed by atoms with van der Waals surface area (Å²) in [6, 6.07) is 19.1. The maximum Gasteiger partial charge on any atom is 0.267 e. The van der Waals surface area contributed by atoms with E-state index in [-0.39, 0.29) is 18.3 Å². The van der Waals surface area contributed by atoms with Crippen molar-refractivity contribution in [3.05, 3.63) is 83.7 Å². The molecule has 4 rings (SSSR count). The Hall–Kier alpha value is -3.45. The first kappa shape index (κ1) is 20.8. The van der Waals surface area contributed by atoms with Gasteiger partial charge >= 0.3 is 0 Å². The number of thiazole rings is 1. The number of carbonyl (C=O) groups is 1. The van der Waals surface area contributed by atoms with Crippen LogP contribution in [0.4, 0.5) is 9.52 Å². The Morgan fingerprint density at radius 1 is 1.06 bits per heavy atom. The minimum absolute atomic E-state index is 0.190. The monoisotopic (exact) mass is 436 g/mol. The Morgan fingerprint density at radius 2 is 1.81 bits per heavy atom. The van der Waals surface area contributed by atoms with Crippen molar-refractivity contribution in [2.45, 2.75) is 13.5 Å². The molecule has 158 valence electrons. The van der Waals surface area contributed by atoms with Crippen LogP contribution in [0.1, 0.15) is 11.1 Å². The SMILES string of the molecule is COc1ccc(C)c2sc(N(Cc3ccccc3)C(=O)COc3ccc(F)cc3)nc12. The summed E-state index contributed by atoms with van der Waals surface area (Å²) in [5, 5.41) is 0.569. The van der Waals surface area contributed by atoms with E-state index in [1.54, 1.807) is 12.0 Å². The molecule has 0 spiro atoms. The lowest BCUT2D eigenvalue weighted by molar-refractivity contribution is -0.120. The lowest BCUT2D eigenvalue weighted by atomic mass is 10.2. The quantitative estimate of drug-likeness (QED) is 0.391. The van der Waals surface area contributed by atoms with E-state index in [1.165, 1.54) is 35.6 Å². The van der Waals surface area contributed by atoms with Gasteiger partial charge in [0.25, 0.3) is 5.91 Å². The molecule has 0 bridgehead atoms. The molecule has 1 aromatic heterocycles. The Balaban J connectivity index is 1.65. The summed E-state index contributed by atoms with van der Waals surface area (Å²) in [6.07, 6.45) is 0. The molecule has 31 heavy (non-hydrogen) atoms. The number of carbonyl (C=O) groups excluding carboxylic acids is 1. The lowest BCUT2D eigenvalue weighted by Gasteiger charge is -2.20. The van der Waals surface area contributed by atoms with Crippen molar-refractivity contribution >= 4 is 32.6 Å². The summed E-state index contributed by atoms with van der Waals surface area (Å²) in [7, 11) is 1.60. The first-order valence-corrected chi connectivity index (χ1v) is 10.5. The summed E-state index contributed by atoms with van der Waals surface area (Å²) < 4.78 is 25.2. The molecule has 0 aliphatic heterocycles. The third-order valence-electron chi connectivity index (χ3n) is 4.80. The minimum atomic E-state index is -0.358. The third-order valence-corrected chi connectivity index (χ3v) is 6.02. The van der Waals surface area contributed by atoms with Crippen molar-refractivity contribution in [2.75, 3.05) is 18.6 Å². The van der Waals surface area contributed by atoms with Crippen molar-refractivity contribution < 1.29 is 18.7 Å². The van der Waals surface area contributed by atoms with Crippen molar-refractivity contribution in [1.82, 2.24) is 4.98 Å². The van der Waals surface area contributed by atoms with Crippen LogP contribution in [0, 0.1) is 12.7 Å². The van der Waals surface area contributed by atoms with Gasteiger partial charge in [-0.1, -0.05) is 47.7 Å². The standard InChI is InChI=1S/C24H21FN2O3S/c1-16-8-13-20(29-2)22-23(16)31-24(26-22)27(14-17-6-4-3-5-7-17)21(28)15-30-19-11-9-18(25)10-12-19/h3-13H,14-15H2,1-2H3. The highest BCUT2D eigenvalue weighted by Gasteiger charge is 2.22. The molecule has 4 aromatic rings. The van der Waals surface area contributed by atoms with Gasteiger partial charge in [-0.05, 0) is 48.4 Å². The summed E-state index contributed by atoms with van der Waals surface area (Å²) in [5.41, 5.74) is 2.77. The number of hydrogen-bond donors (Lipinski definition) is 0. The molecule has 0 radical (unpaired) electrons. The molecule has 0 aliphatic carbocycles. The fourth-order valence-electron chi connectivity index (χ4n) is 3.16. The Labute approximate surface area is 183 Å². The zero-order valence-electron chi connectivity index (χ0n) is 17.2. The predicted octanol–water partition coefficient (Wildman–Crippen LogP) is 5.36. The zero-order valence-corrected chi connectivity index (χ0v) is 18.0. The molecule has 7 heteroatoms. The normalized spacial score (nSPS) is 10.8. The Kier molecular flexibility index (Phi) is 6.13. The number of methoxy groups -OCH3 is 1. The molecule has 0 unspecified atom stereocenters. The summed E-state index contributed by atoms with van der Waals surface area (Å²) in [5.74, 6) is 0.487. The van der Waals surface area contributed by atoms with Gasteiger partial charge < -0.3 is 9.47 Å². The van der Waals surface area contributed by atoms with Crippen LogP contribution >= 0.6 is 11.3 Å². The summed E-state index contributed by atoms with van der Waals surface area (Å²) in [4.78, 5) is 19.5. The zero-order chi connectivity index (χ0) is 21.8. The second kappa shape index (κ2) is 9.14. The molecular formula is C24H21FN2O3S. The van der Waals surface area contributed by atoms with Gasteiger partial charge in [0.15, 0.2) is 11.7 Å². The highest BCUT2D eigenvalue weighted by Crippen LogP contribution is 2.37. The average molecular weight is 437 g/mol. The van der Waals surface area contributed by atoms with E-state index in [9.17, 15) is 9.18 Å². The highest BCUT2D eigenvalue weighted by molar-refractivity contribution is 7.22. The Morgan fingerprint density at radius 3 is 2.52 bits per heavy atom. The van der Waals surface area contributed by atoms with E-state index in [0.29, 0.717) is 23.2 Å². The fraction of sp³-hybridized carbons (Fsp3) is 0.167. The first-order chi connectivity index (χ1) is 15.0. The van der Waals surface area contributed by atoms with Gasteiger partial charge in [-0.15, -0.1) is 0 Å². The van der Waals surface area contributed by atoms with Gasteiger partial charge in [-0.3, -0.25) is 9.69 Å². The number of rotatable bonds is 7. The van der Waals surface area contributed by atoms with Gasteiger partial charge in [0.1, 0.15) is 22.8 Å². The fourth-order valence-corrected chi connectivity index (χ4v) is 4.23. The number of nitrogens with zero attached hydrogens (tertiary/aromatic N) is 2. The topological polar surface area (TPSA) is 51.7 Å². The summed E-state index contributed by atoms with van der Waals surface area (Å²) >= 11 is 1.44. The van der Waals surface area contributed by atoms with E-state index >= 15 is 0 Å². The number of anilines is 1. The van der Waals surface area contributed by atoms with Crippen LogP contribution in [0.25, 0.3) is 10.2 Å². The second-order valence-corrected chi connectivity index (χ2v) is 7.94. The number of aryl methyl sites for hydroxylation is 1. The Bertz CT molecular complexity index is 1190.